The Morgan fingerprint density at radius 1 is 1.17 bits per heavy atom. The summed E-state index contributed by atoms with van der Waals surface area (Å²) >= 11 is 0. The zero-order chi connectivity index (χ0) is 16.9. The fourth-order valence-electron chi connectivity index (χ4n) is 2.82. The monoisotopic (exact) mass is 331 g/mol. The minimum atomic E-state index is -0.343. The Morgan fingerprint density at radius 3 is 2.79 bits per heavy atom. The second-order valence-corrected chi connectivity index (χ2v) is 5.53. The van der Waals surface area contributed by atoms with E-state index in [-0.39, 0.29) is 42.6 Å². The summed E-state index contributed by atoms with van der Waals surface area (Å²) in [5.74, 6) is -0.329. The molecule has 24 heavy (non-hydrogen) atoms. The Balaban J connectivity index is 1.41. The van der Waals surface area contributed by atoms with Crippen LogP contribution in [0.25, 0.3) is 0 Å². The van der Waals surface area contributed by atoms with E-state index in [9.17, 15) is 14.0 Å². The summed E-state index contributed by atoms with van der Waals surface area (Å²) in [7, 11) is 0. The molecule has 3 amide bonds. The molecular formula is C17H18FN3O3. The van der Waals surface area contributed by atoms with Crippen molar-refractivity contribution >= 4 is 11.9 Å². The molecule has 0 spiro atoms. The number of carbonyl (C=O) groups is 2. The fourth-order valence-corrected chi connectivity index (χ4v) is 2.82. The highest BCUT2D eigenvalue weighted by atomic mass is 19.1. The maximum Gasteiger partial charge on any atom is 0.315 e. The van der Waals surface area contributed by atoms with Gasteiger partial charge in [-0.15, -0.1) is 0 Å². The fraction of sp³-hybridized carbons (Fsp3) is 0.294. The molecule has 3 N–H and O–H groups in total. The van der Waals surface area contributed by atoms with Gasteiger partial charge in [0.25, 0.3) is 5.91 Å². The van der Waals surface area contributed by atoms with Gasteiger partial charge in [-0.05, 0) is 42.2 Å². The van der Waals surface area contributed by atoms with Gasteiger partial charge in [0.1, 0.15) is 5.82 Å². The molecular weight excluding hydrogens is 313 g/mol. The smallest absolute Gasteiger partial charge is 0.315 e. The van der Waals surface area contributed by atoms with Crippen molar-refractivity contribution in [1.82, 2.24) is 16.0 Å². The lowest BCUT2D eigenvalue weighted by atomic mass is 10.1. The molecule has 0 radical (unpaired) electrons. The van der Waals surface area contributed by atoms with Gasteiger partial charge in [-0.2, -0.15) is 0 Å². The lowest BCUT2D eigenvalue weighted by molar-refractivity contribution is 0.0926. The quantitative estimate of drug-likeness (QED) is 0.734. The molecule has 1 heterocycles. The molecule has 1 aliphatic rings. The highest BCUT2D eigenvalue weighted by molar-refractivity contribution is 5.91. The summed E-state index contributed by atoms with van der Waals surface area (Å²) in [5, 5.41) is 8.13. The Kier molecular flexibility index (Phi) is 4.79. The summed E-state index contributed by atoms with van der Waals surface area (Å²) < 4.78 is 18.6. The zero-order valence-electron chi connectivity index (χ0n) is 13.0. The summed E-state index contributed by atoms with van der Waals surface area (Å²) in [5.41, 5.74) is 1.50. The Hall–Kier alpha value is -2.83. The van der Waals surface area contributed by atoms with E-state index in [1.165, 1.54) is 12.3 Å². The van der Waals surface area contributed by atoms with Crippen LogP contribution in [0.4, 0.5) is 9.18 Å². The van der Waals surface area contributed by atoms with Crippen LogP contribution in [0.3, 0.4) is 0 Å². The molecule has 1 atom stereocenters. The van der Waals surface area contributed by atoms with E-state index in [1.54, 1.807) is 18.2 Å². The van der Waals surface area contributed by atoms with Crippen molar-refractivity contribution in [3.63, 3.8) is 0 Å². The van der Waals surface area contributed by atoms with E-state index in [1.807, 2.05) is 6.07 Å². The van der Waals surface area contributed by atoms with Crippen LogP contribution in [0.2, 0.25) is 0 Å². The molecule has 0 aliphatic heterocycles. The maximum atomic E-state index is 13.7. The number of urea groups is 1. The summed E-state index contributed by atoms with van der Waals surface area (Å²) in [4.78, 5) is 23.5. The molecule has 0 fully saturated rings. The topological polar surface area (TPSA) is 83.4 Å². The lowest BCUT2D eigenvalue weighted by Gasteiger charge is -2.15. The van der Waals surface area contributed by atoms with Gasteiger partial charge in [0.2, 0.25) is 0 Å². The number of rotatable bonds is 5. The highest BCUT2D eigenvalue weighted by Gasteiger charge is 2.25. The number of nitrogens with one attached hydrogen (secondary N) is 3. The number of benzene rings is 1. The van der Waals surface area contributed by atoms with E-state index in [4.69, 9.17) is 4.42 Å². The first-order chi connectivity index (χ1) is 11.6. The first-order valence-corrected chi connectivity index (χ1v) is 7.78. The molecule has 6 nitrogen and oxygen atoms in total. The molecule has 3 rings (SSSR count). The van der Waals surface area contributed by atoms with Crippen molar-refractivity contribution in [2.75, 3.05) is 13.1 Å². The van der Waals surface area contributed by atoms with E-state index in [0.717, 1.165) is 5.56 Å². The minimum absolute atomic E-state index is 0.187. The van der Waals surface area contributed by atoms with Crippen LogP contribution in [0.5, 0.6) is 0 Å². The molecule has 2 aromatic rings. The standard InChI is InChI=1S/C17H18FN3O3/c18-13-4-1-3-12-11(13)6-7-14(12)21-17(23)20-9-8-19-16(22)15-5-2-10-24-15/h1-5,10,14H,6-9H2,(H,19,22)(H2,20,21,23). The molecule has 0 bridgehead atoms. The van der Waals surface area contributed by atoms with Gasteiger partial charge >= 0.3 is 6.03 Å². The van der Waals surface area contributed by atoms with Crippen molar-refractivity contribution < 1.29 is 18.4 Å². The van der Waals surface area contributed by atoms with Gasteiger partial charge in [0, 0.05) is 13.1 Å². The minimum Gasteiger partial charge on any atom is -0.459 e. The van der Waals surface area contributed by atoms with Crippen LogP contribution in [0.1, 0.15) is 34.1 Å². The van der Waals surface area contributed by atoms with E-state index >= 15 is 0 Å². The predicted molar refractivity (Wildman–Crippen MR) is 85.0 cm³/mol. The molecule has 1 aromatic heterocycles. The lowest BCUT2D eigenvalue weighted by Crippen LogP contribution is -2.41. The second-order valence-electron chi connectivity index (χ2n) is 5.53. The van der Waals surface area contributed by atoms with Crippen molar-refractivity contribution in [1.29, 1.82) is 0 Å². The number of hydrogen-bond donors (Lipinski definition) is 3. The van der Waals surface area contributed by atoms with Gasteiger partial charge in [0.15, 0.2) is 5.76 Å². The van der Waals surface area contributed by atoms with E-state index in [2.05, 4.69) is 16.0 Å². The van der Waals surface area contributed by atoms with Crippen LogP contribution >= 0.6 is 0 Å². The van der Waals surface area contributed by atoms with Crippen molar-refractivity contribution in [3.8, 4) is 0 Å². The number of fused-ring (bicyclic) bond motifs is 1. The van der Waals surface area contributed by atoms with Crippen molar-refractivity contribution in [3.05, 3.63) is 59.3 Å². The van der Waals surface area contributed by atoms with E-state index in [0.29, 0.717) is 18.4 Å². The van der Waals surface area contributed by atoms with Crippen molar-refractivity contribution in [2.45, 2.75) is 18.9 Å². The van der Waals surface area contributed by atoms with Gasteiger partial charge in [0.05, 0.1) is 12.3 Å². The number of halogens is 1. The Morgan fingerprint density at radius 2 is 2.00 bits per heavy atom. The second kappa shape index (κ2) is 7.16. The third-order valence-corrected chi connectivity index (χ3v) is 3.96. The SMILES string of the molecule is O=C(NCCNC(=O)c1ccco1)NC1CCc2c(F)cccc21. The first-order valence-electron chi connectivity index (χ1n) is 7.78. The average Bonchev–Trinajstić information content (AvgIpc) is 3.22. The van der Waals surface area contributed by atoms with Gasteiger partial charge in [-0.1, -0.05) is 12.1 Å². The summed E-state index contributed by atoms with van der Waals surface area (Å²) in [6.45, 7) is 0.559. The molecule has 7 heteroatoms. The Bertz CT molecular complexity index is 731. The number of amides is 3. The van der Waals surface area contributed by atoms with Gasteiger partial charge in [-0.3, -0.25) is 4.79 Å². The Labute approximate surface area is 138 Å². The molecule has 1 aromatic carbocycles. The molecule has 126 valence electrons. The highest BCUT2D eigenvalue weighted by Crippen LogP contribution is 2.32. The van der Waals surface area contributed by atoms with Crippen molar-refractivity contribution in [2.24, 2.45) is 0 Å². The zero-order valence-corrected chi connectivity index (χ0v) is 13.0. The van der Waals surface area contributed by atoms with Crippen LogP contribution < -0.4 is 16.0 Å². The first kappa shape index (κ1) is 16.0. The van der Waals surface area contributed by atoms with Crippen LogP contribution in [-0.2, 0) is 6.42 Å². The van der Waals surface area contributed by atoms with Crippen LogP contribution in [-0.4, -0.2) is 25.0 Å². The van der Waals surface area contributed by atoms with Gasteiger partial charge < -0.3 is 20.4 Å². The van der Waals surface area contributed by atoms with Gasteiger partial charge in [-0.25, -0.2) is 9.18 Å². The number of furan rings is 1. The maximum absolute atomic E-state index is 13.7. The van der Waals surface area contributed by atoms with Crippen LogP contribution in [0, 0.1) is 5.82 Å². The summed E-state index contributed by atoms with van der Waals surface area (Å²) in [6.07, 6.45) is 2.72. The third-order valence-electron chi connectivity index (χ3n) is 3.96. The normalized spacial score (nSPS) is 15.6. The molecule has 1 unspecified atom stereocenters. The largest absolute Gasteiger partial charge is 0.459 e. The summed E-state index contributed by atoms with van der Waals surface area (Å²) in [6, 6.07) is 7.58. The predicted octanol–water partition coefficient (Wildman–Crippen LogP) is 2.14. The molecule has 1 aliphatic carbocycles. The number of hydrogen-bond acceptors (Lipinski definition) is 3. The molecule has 0 saturated carbocycles. The third kappa shape index (κ3) is 3.56. The van der Waals surface area contributed by atoms with E-state index < -0.39 is 0 Å². The number of carbonyl (C=O) groups excluding carboxylic acids is 2. The molecule has 0 saturated heterocycles. The van der Waals surface area contributed by atoms with Crippen LogP contribution in [0.15, 0.2) is 41.0 Å². The average molecular weight is 331 g/mol.